The molecule has 2 aromatic rings. The van der Waals surface area contributed by atoms with Crippen LogP contribution in [0.15, 0.2) is 42.7 Å². The molecule has 5 heteroatoms. The maximum absolute atomic E-state index is 10.6. The number of piperidine rings is 1. The lowest BCUT2D eigenvalue weighted by molar-refractivity contribution is 0.0576. The van der Waals surface area contributed by atoms with Gasteiger partial charge in [-0.3, -0.25) is 4.90 Å². The Labute approximate surface area is 156 Å². The van der Waals surface area contributed by atoms with Crippen LogP contribution in [0.5, 0.6) is 0 Å². The zero-order chi connectivity index (χ0) is 18.2. The minimum atomic E-state index is -0.247. The molecule has 2 heterocycles. The predicted octanol–water partition coefficient (Wildman–Crippen LogP) is 2.48. The lowest BCUT2D eigenvalue weighted by Gasteiger charge is -2.34. The molecule has 0 spiro atoms. The second-order valence-electron chi connectivity index (χ2n) is 7.12. The van der Waals surface area contributed by atoms with Crippen molar-refractivity contribution in [1.29, 1.82) is 0 Å². The summed E-state index contributed by atoms with van der Waals surface area (Å²) >= 11 is 0. The molecule has 0 unspecified atom stereocenters. The third-order valence-electron chi connectivity index (χ3n) is 5.16. The Kier molecular flexibility index (Phi) is 7.12. The zero-order valence-corrected chi connectivity index (χ0v) is 15.6. The van der Waals surface area contributed by atoms with Gasteiger partial charge < -0.3 is 9.84 Å². The predicted molar refractivity (Wildman–Crippen MR) is 102 cm³/mol. The minimum Gasteiger partial charge on any atom is -0.392 e. The molecule has 0 aliphatic carbocycles. The van der Waals surface area contributed by atoms with Gasteiger partial charge in [0.05, 0.1) is 12.7 Å². The van der Waals surface area contributed by atoms with E-state index >= 15 is 0 Å². The van der Waals surface area contributed by atoms with E-state index in [2.05, 4.69) is 27.0 Å². The molecule has 1 aliphatic rings. The van der Waals surface area contributed by atoms with Crippen molar-refractivity contribution in [3.8, 4) is 0 Å². The molecule has 0 saturated carbocycles. The average Bonchev–Trinajstić information content (AvgIpc) is 2.69. The molecule has 0 radical (unpaired) electrons. The molecule has 1 aromatic carbocycles. The lowest BCUT2D eigenvalue weighted by Crippen LogP contribution is -2.38. The summed E-state index contributed by atoms with van der Waals surface area (Å²) in [5, 5.41) is 10.6. The standard InChI is InChI=1S/C21H29N3O2/c1-26-12-9-21-22-14-18(15-23-21)16-24-10-7-19(8-11-24)20(25)13-17-5-3-2-4-6-17/h2-6,14-15,19-20,25H,7-13,16H2,1H3/t20-/m1/s1. The molecule has 1 saturated heterocycles. The van der Waals surface area contributed by atoms with Crippen molar-refractivity contribution in [3.63, 3.8) is 0 Å². The first-order chi connectivity index (χ1) is 12.7. The van der Waals surface area contributed by atoms with Gasteiger partial charge in [-0.25, -0.2) is 9.97 Å². The fraction of sp³-hybridized carbons (Fsp3) is 0.524. The molecule has 1 atom stereocenters. The van der Waals surface area contributed by atoms with Crippen molar-refractivity contribution in [2.75, 3.05) is 26.8 Å². The van der Waals surface area contributed by atoms with Crippen molar-refractivity contribution in [2.45, 2.75) is 38.3 Å². The highest BCUT2D eigenvalue weighted by atomic mass is 16.5. The van der Waals surface area contributed by atoms with E-state index < -0.39 is 0 Å². The number of hydrogen-bond acceptors (Lipinski definition) is 5. The van der Waals surface area contributed by atoms with E-state index in [0.29, 0.717) is 12.5 Å². The fourth-order valence-electron chi connectivity index (χ4n) is 3.56. The van der Waals surface area contributed by atoms with Gasteiger partial charge in [-0.15, -0.1) is 0 Å². The summed E-state index contributed by atoms with van der Waals surface area (Å²) in [6.45, 7) is 3.56. The Morgan fingerprint density at radius 2 is 1.81 bits per heavy atom. The molecule has 0 amide bonds. The van der Waals surface area contributed by atoms with Crippen LogP contribution in [-0.4, -0.2) is 52.9 Å². The maximum Gasteiger partial charge on any atom is 0.130 e. The average molecular weight is 355 g/mol. The molecular formula is C21H29N3O2. The van der Waals surface area contributed by atoms with Gasteiger partial charge in [0, 0.05) is 38.0 Å². The van der Waals surface area contributed by atoms with E-state index in [1.807, 2.05) is 30.6 Å². The van der Waals surface area contributed by atoms with E-state index in [1.165, 1.54) is 5.56 Å². The monoisotopic (exact) mass is 355 g/mol. The van der Waals surface area contributed by atoms with Gasteiger partial charge in [0.25, 0.3) is 0 Å². The Morgan fingerprint density at radius 1 is 1.12 bits per heavy atom. The Bertz CT molecular complexity index is 640. The lowest BCUT2D eigenvalue weighted by atomic mass is 9.88. The summed E-state index contributed by atoms with van der Waals surface area (Å²) in [4.78, 5) is 11.3. The molecule has 1 fully saturated rings. The van der Waals surface area contributed by atoms with Gasteiger partial charge in [0.1, 0.15) is 5.82 Å². The Balaban J connectivity index is 1.43. The molecule has 1 aromatic heterocycles. The van der Waals surface area contributed by atoms with Crippen molar-refractivity contribution >= 4 is 0 Å². The van der Waals surface area contributed by atoms with E-state index in [1.54, 1.807) is 7.11 Å². The van der Waals surface area contributed by atoms with Gasteiger partial charge in [0.2, 0.25) is 0 Å². The summed E-state index contributed by atoms with van der Waals surface area (Å²) in [6.07, 6.45) is 7.19. The smallest absolute Gasteiger partial charge is 0.130 e. The van der Waals surface area contributed by atoms with Gasteiger partial charge >= 0.3 is 0 Å². The van der Waals surface area contributed by atoms with Crippen molar-refractivity contribution < 1.29 is 9.84 Å². The van der Waals surface area contributed by atoms with Gasteiger partial charge in [0.15, 0.2) is 0 Å². The van der Waals surface area contributed by atoms with Crippen LogP contribution in [0.25, 0.3) is 0 Å². The first-order valence-corrected chi connectivity index (χ1v) is 9.47. The zero-order valence-electron chi connectivity index (χ0n) is 15.6. The summed E-state index contributed by atoms with van der Waals surface area (Å²) in [5.41, 5.74) is 2.36. The number of hydrogen-bond donors (Lipinski definition) is 1. The number of aliphatic hydroxyl groups is 1. The summed E-state index contributed by atoms with van der Waals surface area (Å²) in [6, 6.07) is 10.3. The van der Waals surface area contributed by atoms with Crippen LogP contribution in [0.3, 0.4) is 0 Å². The van der Waals surface area contributed by atoms with Crippen LogP contribution in [0.1, 0.15) is 29.8 Å². The number of aliphatic hydroxyl groups excluding tert-OH is 1. The van der Waals surface area contributed by atoms with Gasteiger partial charge in [-0.05, 0) is 43.8 Å². The highest BCUT2D eigenvalue weighted by Gasteiger charge is 2.25. The number of ether oxygens (including phenoxy) is 1. The number of rotatable bonds is 8. The van der Waals surface area contributed by atoms with Gasteiger partial charge in [-0.2, -0.15) is 0 Å². The van der Waals surface area contributed by atoms with Crippen LogP contribution in [0.2, 0.25) is 0 Å². The van der Waals surface area contributed by atoms with Gasteiger partial charge in [-0.1, -0.05) is 30.3 Å². The molecule has 26 heavy (non-hydrogen) atoms. The topological polar surface area (TPSA) is 58.5 Å². The second-order valence-corrected chi connectivity index (χ2v) is 7.12. The minimum absolute atomic E-state index is 0.247. The van der Waals surface area contributed by atoms with Crippen LogP contribution >= 0.6 is 0 Å². The van der Waals surface area contributed by atoms with Crippen LogP contribution in [-0.2, 0) is 24.1 Å². The summed E-state index contributed by atoms with van der Waals surface area (Å²) in [5.74, 6) is 1.22. The molecule has 140 valence electrons. The third kappa shape index (κ3) is 5.59. The van der Waals surface area contributed by atoms with Crippen molar-refractivity contribution in [3.05, 3.63) is 59.7 Å². The molecule has 3 rings (SSSR count). The first kappa shape index (κ1) is 19.0. The van der Waals surface area contributed by atoms with E-state index in [9.17, 15) is 5.11 Å². The number of likely N-dealkylation sites (tertiary alicyclic amines) is 1. The highest BCUT2D eigenvalue weighted by Crippen LogP contribution is 2.24. The molecular weight excluding hydrogens is 326 g/mol. The number of aromatic nitrogens is 2. The normalized spacial score (nSPS) is 17.3. The van der Waals surface area contributed by atoms with E-state index in [4.69, 9.17) is 4.74 Å². The molecule has 5 nitrogen and oxygen atoms in total. The molecule has 1 aliphatic heterocycles. The first-order valence-electron chi connectivity index (χ1n) is 9.47. The fourth-order valence-corrected chi connectivity index (χ4v) is 3.56. The Hall–Kier alpha value is -1.82. The quantitative estimate of drug-likeness (QED) is 0.788. The van der Waals surface area contributed by atoms with Crippen LogP contribution in [0, 0.1) is 5.92 Å². The maximum atomic E-state index is 10.6. The second kappa shape index (κ2) is 9.76. The third-order valence-corrected chi connectivity index (χ3v) is 5.16. The molecule has 1 N–H and O–H groups in total. The highest BCUT2D eigenvalue weighted by molar-refractivity contribution is 5.15. The summed E-state index contributed by atoms with van der Waals surface area (Å²) < 4.78 is 5.06. The number of nitrogens with zero attached hydrogens (tertiary/aromatic N) is 3. The SMILES string of the molecule is COCCc1ncc(CN2CCC([C@H](O)Cc3ccccc3)CC2)cn1. The van der Waals surface area contributed by atoms with Crippen LogP contribution in [0.4, 0.5) is 0 Å². The van der Waals surface area contributed by atoms with Crippen molar-refractivity contribution in [2.24, 2.45) is 5.92 Å². The van der Waals surface area contributed by atoms with E-state index in [-0.39, 0.29) is 6.10 Å². The molecule has 0 bridgehead atoms. The number of benzene rings is 1. The van der Waals surface area contributed by atoms with Crippen LogP contribution < -0.4 is 0 Å². The van der Waals surface area contributed by atoms with E-state index in [0.717, 1.165) is 56.7 Å². The summed E-state index contributed by atoms with van der Waals surface area (Å²) in [7, 11) is 1.69. The Morgan fingerprint density at radius 3 is 2.46 bits per heavy atom. The largest absolute Gasteiger partial charge is 0.392 e. The van der Waals surface area contributed by atoms with Crippen molar-refractivity contribution in [1.82, 2.24) is 14.9 Å². The number of methoxy groups -OCH3 is 1.